The zero-order valence-corrected chi connectivity index (χ0v) is 18.2. The maximum atomic E-state index is 13.0. The second kappa shape index (κ2) is 9.05. The van der Waals surface area contributed by atoms with Crippen molar-refractivity contribution in [2.24, 2.45) is 5.92 Å². The maximum Gasteiger partial charge on any atom is 0.416 e. The van der Waals surface area contributed by atoms with Crippen LogP contribution in [0.5, 0.6) is 0 Å². The van der Waals surface area contributed by atoms with Gasteiger partial charge in [0.05, 0.1) is 0 Å². The van der Waals surface area contributed by atoms with Crippen molar-refractivity contribution in [3.8, 4) is 0 Å². The van der Waals surface area contributed by atoms with Gasteiger partial charge in [-0.2, -0.15) is 0 Å². The molecule has 27 heavy (non-hydrogen) atoms. The van der Waals surface area contributed by atoms with Crippen molar-refractivity contribution in [3.63, 3.8) is 0 Å². The number of aromatic nitrogens is 1. The van der Waals surface area contributed by atoms with Crippen LogP contribution in [0.1, 0.15) is 79.3 Å². The molecule has 2 rings (SSSR count). The fraction of sp³-hybridized carbons (Fsp3) is 0.727. The van der Waals surface area contributed by atoms with Crippen LogP contribution in [0, 0.1) is 5.92 Å². The van der Waals surface area contributed by atoms with Gasteiger partial charge in [0.1, 0.15) is 11.4 Å². The molecule has 1 aromatic heterocycles. The SMILES string of the molecule is CCC(C)N(C(=O)OC(C)(C)C)c1ncccc1C1CCCN1CC(C)C. The highest BCUT2D eigenvalue weighted by Gasteiger charge is 2.34. The van der Waals surface area contributed by atoms with Gasteiger partial charge in [-0.3, -0.25) is 9.80 Å². The Labute approximate surface area is 165 Å². The zero-order valence-electron chi connectivity index (χ0n) is 18.2. The highest BCUT2D eigenvalue weighted by Crippen LogP contribution is 2.37. The highest BCUT2D eigenvalue weighted by atomic mass is 16.6. The smallest absolute Gasteiger partial charge is 0.416 e. The molecule has 0 N–H and O–H groups in total. The molecule has 1 saturated heterocycles. The monoisotopic (exact) mass is 375 g/mol. The molecular weight excluding hydrogens is 338 g/mol. The standard InChI is InChI=1S/C22H37N3O2/c1-8-17(4)25(21(26)27-22(5,6)7)20-18(11-9-13-23-20)19-12-10-14-24(19)15-16(2)3/h9,11,13,16-17,19H,8,10,12,14-15H2,1-7H3. The molecule has 152 valence electrons. The van der Waals surface area contributed by atoms with Crippen LogP contribution < -0.4 is 4.90 Å². The van der Waals surface area contributed by atoms with Gasteiger partial charge < -0.3 is 4.74 Å². The fourth-order valence-corrected chi connectivity index (χ4v) is 3.71. The minimum atomic E-state index is -0.533. The molecule has 1 fully saturated rings. The van der Waals surface area contributed by atoms with E-state index in [-0.39, 0.29) is 12.1 Å². The highest BCUT2D eigenvalue weighted by molar-refractivity contribution is 5.88. The summed E-state index contributed by atoms with van der Waals surface area (Å²) < 4.78 is 5.72. The van der Waals surface area contributed by atoms with E-state index in [1.165, 1.54) is 6.42 Å². The second-order valence-electron chi connectivity index (χ2n) is 9.07. The molecule has 1 aliphatic rings. The van der Waals surface area contributed by atoms with Gasteiger partial charge in [-0.05, 0) is 65.5 Å². The third kappa shape index (κ3) is 5.68. The van der Waals surface area contributed by atoms with E-state index in [4.69, 9.17) is 4.74 Å². The number of carbonyl (C=O) groups excluding carboxylic acids is 1. The van der Waals surface area contributed by atoms with Crippen LogP contribution in [-0.2, 0) is 4.74 Å². The van der Waals surface area contributed by atoms with Crippen molar-refractivity contribution < 1.29 is 9.53 Å². The first-order valence-corrected chi connectivity index (χ1v) is 10.3. The Balaban J connectivity index is 2.41. The summed E-state index contributed by atoms with van der Waals surface area (Å²) in [4.78, 5) is 22.0. The molecule has 0 aromatic carbocycles. The van der Waals surface area contributed by atoms with E-state index in [0.29, 0.717) is 12.0 Å². The normalized spacial score (nSPS) is 19.3. The van der Waals surface area contributed by atoms with Gasteiger partial charge in [0.15, 0.2) is 0 Å². The summed E-state index contributed by atoms with van der Waals surface area (Å²) in [6.07, 6.45) is 4.59. The Bertz CT molecular complexity index is 624. The topological polar surface area (TPSA) is 45.7 Å². The molecule has 0 saturated carbocycles. The van der Waals surface area contributed by atoms with Gasteiger partial charge in [-0.15, -0.1) is 0 Å². The molecule has 0 aliphatic carbocycles. The predicted molar refractivity (Wildman–Crippen MR) is 111 cm³/mol. The number of rotatable bonds is 6. The zero-order chi connectivity index (χ0) is 20.2. The van der Waals surface area contributed by atoms with E-state index in [1.807, 2.05) is 26.8 Å². The minimum Gasteiger partial charge on any atom is -0.443 e. The van der Waals surface area contributed by atoms with Crippen LogP contribution in [0.2, 0.25) is 0 Å². The molecule has 1 aromatic rings. The van der Waals surface area contributed by atoms with Gasteiger partial charge in [-0.1, -0.05) is 26.8 Å². The average molecular weight is 376 g/mol. The maximum absolute atomic E-state index is 13.0. The van der Waals surface area contributed by atoms with Crippen molar-refractivity contribution >= 4 is 11.9 Å². The Morgan fingerprint density at radius 1 is 1.37 bits per heavy atom. The summed E-state index contributed by atoms with van der Waals surface area (Å²) in [6.45, 7) is 16.5. The van der Waals surface area contributed by atoms with Crippen LogP contribution >= 0.6 is 0 Å². The van der Waals surface area contributed by atoms with Gasteiger partial charge in [0.2, 0.25) is 0 Å². The molecule has 2 atom stereocenters. The molecule has 0 bridgehead atoms. The molecule has 2 unspecified atom stereocenters. The molecule has 5 heteroatoms. The van der Waals surface area contributed by atoms with Crippen molar-refractivity contribution in [3.05, 3.63) is 23.9 Å². The third-order valence-corrected chi connectivity index (χ3v) is 4.99. The number of pyridine rings is 1. The molecule has 1 aliphatic heterocycles. The molecule has 0 radical (unpaired) electrons. The number of anilines is 1. The van der Waals surface area contributed by atoms with Crippen molar-refractivity contribution in [1.82, 2.24) is 9.88 Å². The van der Waals surface area contributed by atoms with Gasteiger partial charge in [-0.25, -0.2) is 9.78 Å². The van der Waals surface area contributed by atoms with Gasteiger partial charge >= 0.3 is 6.09 Å². The third-order valence-electron chi connectivity index (χ3n) is 4.99. The van der Waals surface area contributed by atoms with E-state index < -0.39 is 5.60 Å². The Hall–Kier alpha value is -1.62. The van der Waals surface area contributed by atoms with Crippen molar-refractivity contribution in [2.45, 2.75) is 85.4 Å². The Kier molecular flexibility index (Phi) is 7.26. The molecule has 2 heterocycles. The second-order valence-corrected chi connectivity index (χ2v) is 9.07. The van der Waals surface area contributed by atoms with Crippen molar-refractivity contribution in [2.75, 3.05) is 18.0 Å². The van der Waals surface area contributed by atoms with E-state index in [9.17, 15) is 4.79 Å². The first-order valence-electron chi connectivity index (χ1n) is 10.3. The van der Waals surface area contributed by atoms with E-state index in [0.717, 1.165) is 37.3 Å². The van der Waals surface area contributed by atoms with Crippen molar-refractivity contribution in [1.29, 1.82) is 0 Å². The quantitative estimate of drug-likeness (QED) is 0.666. The number of likely N-dealkylation sites (tertiary alicyclic amines) is 1. The molecular formula is C22H37N3O2. The van der Waals surface area contributed by atoms with Crippen LogP contribution in [0.3, 0.4) is 0 Å². The Morgan fingerprint density at radius 3 is 2.67 bits per heavy atom. The van der Waals surface area contributed by atoms with Crippen LogP contribution in [0.25, 0.3) is 0 Å². The molecule has 1 amide bonds. The number of hydrogen-bond donors (Lipinski definition) is 0. The molecule has 5 nitrogen and oxygen atoms in total. The van der Waals surface area contributed by atoms with Gasteiger partial charge in [0, 0.05) is 30.4 Å². The number of amides is 1. The Morgan fingerprint density at radius 2 is 2.07 bits per heavy atom. The molecule has 0 spiro atoms. The minimum absolute atomic E-state index is 0.0217. The van der Waals surface area contributed by atoms with E-state index in [2.05, 4.69) is 43.6 Å². The summed E-state index contributed by atoms with van der Waals surface area (Å²) in [5, 5.41) is 0. The lowest BCUT2D eigenvalue weighted by molar-refractivity contribution is 0.0565. The predicted octanol–water partition coefficient (Wildman–Crippen LogP) is 5.41. The van der Waals surface area contributed by atoms with Crippen LogP contribution in [0.4, 0.5) is 10.6 Å². The summed E-state index contributed by atoms with van der Waals surface area (Å²) in [5.74, 6) is 1.36. The lowest BCUT2D eigenvalue weighted by atomic mass is 10.0. The largest absolute Gasteiger partial charge is 0.443 e. The first-order chi connectivity index (χ1) is 12.6. The number of nitrogens with zero attached hydrogens (tertiary/aromatic N) is 3. The fourth-order valence-electron chi connectivity index (χ4n) is 3.71. The summed E-state index contributed by atoms with van der Waals surface area (Å²) in [7, 11) is 0. The van der Waals surface area contributed by atoms with Crippen LogP contribution in [0.15, 0.2) is 18.3 Å². The number of hydrogen-bond acceptors (Lipinski definition) is 4. The average Bonchev–Trinajstić information content (AvgIpc) is 3.00. The van der Waals surface area contributed by atoms with E-state index >= 15 is 0 Å². The number of ether oxygens (including phenoxy) is 1. The van der Waals surface area contributed by atoms with E-state index in [1.54, 1.807) is 11.1 Å². The lowest BCUT2D eigenvalue weighted by Crippen LogP contribution is -2.43. The summed E-state index contributed by atoms with van der Waals surface area (Å²) >= 11 is 0. The lowest BCUT2D eigenvalue weighted by Gasteiger charge is -2.34. The first kappa shape index (κ1) is 21.7. The number of carbonyl (C=O) groups is 1. The van der Waals surface area contributed by atoms with Gasteiger partial charge in [0.25, 0.3) is 0 Å². The summed E-state index contributed by atoms with van der Waals surface area (Å²) in [5.41, 5.74) is 0.608. The van der Waals surface area contributed by atoms with Crippen LogP contribution in [-0.4, -0.2) is 40.7 Å². The summed E-state index contributed by atoms with van der Waals surface area (Å²) in [6, 6.07) is 4.44.